The molecule has 0 aliphatic heterocycles. The predicted molar refractivity (Wildman–Crippen MR) is 88.3 cm³/mol. The van der Waals surface area contributed by atoms with E-state index in [-0.39, 0.29) is 11.3 Å². The molecule has 0 spiro atoms. The Bertz CT molecular complexity index is 655. The molecule has 1 aliphatic rings. The molecule has 0 atom stereocenters. The minimum absolute atomic E-state index is 0.0838. The number of hydrogen-bond acceptors (Lipinski definition) is 2. The molecule has 0 aromatic heterocycles. The molecule has 0 radical (unpaired) electrons. The van der Waals surface area contributed by atoms with E-state index < -0.39 is 0 Å². The molecule has 0 unspecified atom stereocenters. The summed E-state index contributed by atoms with van der Waals surface area (Å²) in [5.74, 6) is 0.903. The van der Waals surface area contributed by atoms with Crippen molar-refractivity contribution in [1.82, 2.24) is 0 Å². The lowest BCUT2D eigenvalue weighted by Gasteiger charge is -2.16. The van der Waals surface area contributed by atoms with Crippen LogP contribution in [0.3, 0.4) is 0 Å². The normalized spacial score (nSPS) is 15.2. The molecule has 1 aliphatic carbocycles. The molecule has 3 nitrogen and oxygen atoms in total. The Labute approximate surface area is 131 Å². The van der Waals surface area contributed by atoms with Crippen molar-refractivity contribution in [3.8, 4) is 5.75 Å². The number of nitrogens with one attached hydrogen (secondary N) is 1. The zero-order valence-electron chi connectivity index (χ0n) is 13.1. The monoisotopic (exact) mass is 295 g/mol. The van der Waals surface area contributed by atoms with Crippen LogP contribution in [0.25, 0.3) is 0 Å². The first-order chi connectivity index (χ1) is 10.6. The maximum Gasteiger partial charge on any atom is 0.235 e. The molecule has 0 saturated heterocycles. The Morgan fingerprint density at radius 3 is 2.27 bits per heavy atom. The molecule has 22 heavy (non-hydrogen) atoms. The highest BCUT2D eigenvalue weighted by Gasteiger charge is 2.51. The SMILES string of the molecule is CCOc1ccc(NC(=O)C2(c3ccc(C)cc3)CC2)cc1. The third-order valence-electron chi connectivity index (χ3n) is 4.21. The van der Waals surface area contributed by atoms with E-state index in [0.29, 0.717) is 6.61 Å². The molecular weight excluding hydrogens is 274 g/mol. The fourth-order valence-corrected chi connectivity index (χ4v) is 2.70. The topological polar surface area (TPSA) is 38.3 Å². The van der Waals surface area contributed by atoms with Crippen molar-refractivity contribution < 1.29 is 9.53 Å². The summed E-state index contributed by atoms with van der Waals surface area (Å²) in [6.45, 7) is 4.65. The average Bonchev–Trinajstić information content (AvgIpc) is 3.32. The summed E-state index contributed by atoms with van der Waals surface area (Å²) >= 11 is 0. The molecule has 0 heterocycles. The van der Waals surface area contributed by atoms with Gasteiger partial charge in [0, 0.05) is 5.69 Å². The van der Waals surface area contributed by atoms with Crippen LogP contribution in [0.1, 0.15) is 30.9 Å². The van der Waals surface area contributed by atoms with Crippen LogP contribution in [0.15, 0.2) is 48.5 Å². The lowest BCUT2D eigenvalue weighted by molar-refractivity contribution is -0.118. The van der Waals surface area contributed by atoms with Crippen molar-refractivity contribution in [2.75, 3.05) is 11.9 Å². The first-order valence-electron chi connectivity index (χ1n) is 7.75. The molecule has 3 heteroatoms. The number of anilines is 1. The van der Waals surface area contributed by atoms with E-state index in [2.05, 4.69) is 36.5 Å². The maximum absolute atomic E-state index is 12.7. The molecule has 1 saturated carbocycles. The second-order valence-corrected chi connectivity index (χ2v) is 5.86. The van der Waals surface area contributed by atoms with Gasteiger partial charge < -0.3 is 10.1 Å². The standard InChI is InChI=1S/C19H21NO2/c1-3-22-17-10-8-16(9-11-17)20-18(21)19(12-13-19)15-6-4-14(2)5-7-15/h4-11H,3,12-13H2,1-2H3,(H,20,21). The molecule has 1 amide bonds. The van der Waals surface area contributed by atoms with Crippen molar-refractivity contribution in [2.45, 2.75) is 32.1 Å². The molecule has 1 fully saturated rings. The summed E-state index contributed by atoms with van der Waals surface area (Å²) in [5.41, 5.74) is 2.80. The van der Waals surface area contributed by atoms with Gasteiger partial charge in [-0.1, -0.05) is 29.8 Å². The lowest BCUT2D eigenvalue weighted by atomic mass is 9.94. The van der Waals surface area contributed by atoms with Crippen molar-refractivity contribution in [2.24, 2.45) is 0 Å². The second-order valence-electron chi connectivity index (χ2n) is 5.86. The number of aryl methyl sites for hydroxylation is 1. The van der Waals surface area contributed by atoms with Gasteiger partial charge in [0.2, 0.25) is 5.91 Å². The Morgan fingerprint density at radius 2 is 1.73 bits per heavy atom. The first kappa shape index (κ1) is 14.6. The van der Waals surface area contributed by atoms with E-state index in [1.54, 1.807) is 0 Å². The van der Waals surface area contributed by atoms with Gasteiger partial charge in [0.15, 0.2) is 0 Å². The molecule has 0 bridgehead atoms. The highest BCUT2D eigenvalue weighted by molar-refractivity contribution is 6.01. The Morgan fingerprint density at radius 1 is 1.09 bits per heavy atom. The van der Waals surface area contributed by atoms with Crippen LogP contribution >= 0.6 is 0 Å². The van der Waals surface area contributed by atoms with Gasteiger partial charge in [0.05, 0.1) is 12.0 Å². The summed E-state index contributed by atoms with van der Waals surface area (Å²) in [5, 5.41) is 3.03. The first-order valence-corrected chi connectivity index (χ1v) is 7.75. The van der Waals surface area contributed by atoms with E-state index in [9.17, 15) is 4.79 Å². The second kappa shape index (κ2) is 5.84. The zero-order valence-corrected chi connectivity index (χ0v) is 13.1. The Hall–Kier alpha value is -2.29. The molecule has 2 aromatic carbocycles. The van der Waals surface area contributed by atoms with Gasteiger partial charge in [0.25, 0.3) is 0 Å². The molecule has 2 aromatic rings. The van der Waals surface area contributed by atoms with E-state index in [1.165, 1.54) is 5.56 Å². The largest absolute Gasteiger partial charge is 0.494 e. The van der Waals surface area contributed by atoms with Crippen LogP contribution in [0, 0.1) is 6.92 Å². The van der Waals surface area contributed by atoms with Gasteiger partial charge in [0.1, 0.15) is 5.75 Å². The van der Waals surface area contributed by atoms with Crippen LogP contribution in [0.5, 0.6) is 5.75 Å². The van der Waals surface area contributed by atoms with Crippen LogP contribution in [-0.4, -0.2) is 12.5 Å². The fourth-order valence-electron chi connectivity index (χ4n) is 2.70. The molecule has 3 rings (SSSR count). The number of benzene rings is 2. The van der Waals surface area contributed by atoms with Gasteiger partial charge in [-0.3, -0.25) is 4.79 Å². The number of carbonyl (C=O) groups is 1. The fraction of sp³-hybridized carbons (Fsp3) is 0.316. The number of hydrogen-bond donors (Lipinski definition) is 1. The van der Waals surface area contributed by atoms with Crippen molar-refractivity contribution in [3.63, 3.8) is 0 Å². The average molecular weight is 295 g/mol. The minimum atomic E-state index is -0.341. The molecule has 114 valence electrons. The van der Waals surface area contributed by atoms with E-state index >= 15 is 0 Å². The van der Waals surface area contributed by atoms with Gasteiger partial charge in [-0.15, -0.1) is 0 Å². The Kier molecular flexibility index (Phi) is 3.88. The maximum atomic E-state index is 12.7. The number of rotatable bonds is 5. The highest BCUT2D eigenvalue weighted by Crippen LogP contribution is 2.49. The summed E-state index contributed by atoms with van der Waals surface area (Å²) < 4.78 is 5.41. The van der Waals surface area contributed by atoms with Crippen LogP contribution in [-0.2, 0) is 10.2 Å². The zero-order chi connectivity index (χ0) is 15.6. The number of ether oxygens (including phenoxy) is 1. The predicted octanol–water partition coefficient (Wildman–Crippen LogP) is 4.06. The van der Waals surface area contributed by atoms with Gasteiger partial charge in [-0.2, -0.15) is 0 Å². The Balaban J connectivity index is 1.72. The van der Waals surface area contributed by atoms with E-state index in [1.807, 2.05) is 31.2 Å². The number of carbonyl (C=O) groups excluding carboxylic acids is 1. The molecular formula is C19H21NO2. The van der Waals surface area contributed by atoms with Crippen LogP contribution < -0.4 is 10.1 Å². The van der Waals surface area contributed by atoms with E-state index in [0.717, 1.165) is 29.8 Å². The van der Waals surface area contributed by atoms with Crippen LogP contribution in [0.4, 0.5) is 5.69 Å². The summed E-state index contributed by atoms with van der Waals surface area (Å²) in [4.78, 5) is 12.7. The van der Waals surface area contributed by atoms with Crippen molar-refractivity contribution >= 4 is 11.6 Å². The summed E-state index contributed by atoms with van der Waals surface area (Å²) in [6, 6.07) is 15.8. The number of amides is 1. The van der Waals surface area contributed by atoms with Gasteiger partial charge in [-0.05, 0) is 56.5 Å². The quantitative estimate of drug-likeness (QED) is 0.903. The summed E-state index contributed by atoms with van der Waals surface area (Å²) in [6.07, 6.45) is 1.83. The van der Waals surface area contributed by atoms with Crippen molar-refractivity contribution in [1.29, 1.82) is 0 Å². The van der Waals surface area contributed by atoms with Crippen molar-refractivity contribution in [3.05, 3.63) is 59.7 Å². The van der Waals surface area contributed by atoms with Gasteiger partial charge in [-0.25, -0.2) is 0 Å². The van der Waals surface area contributed by atoms with Gasteiger partial charge >= 0.3 is 0 Å². The minimum Gasteiger partial charge on any atom is -0.494 e. The molecule has 1 N–H and O–H groups in total. The lowest BCUT2D eigenvalue weighted by Crippen LogP contribution is -2.27. The van der Waals surface area contributed by atoms with E-state index in [4.69, 9.17) is 4.74 Å². The smallest absolute Gasteiger partial charge is 0.235 e. The highest BCUT2D eigenvalue weighted by atomic mass is 16.5. The third kappa shape index (κ3) is 2.84. The summed E-state index contributed by atoms with van der Waals surface area (Å²) in [7, 11) is 0. The third-order valence-corrected chi connectivity index (χ3v) is 4.21. The van der Waals surface area contributed by atoms with Crippen LogP contribution in [0.2, 0.25) is 0 Å².